The molecule has 6 heteroatoms. The Morgan fingerprint density at radius 3 is 1.95 bits per heavy atom. The molecule has 1 aliphatic rings. The molecule has 0 unspecified atom stereocenters. The number of aromatic nitrogens is 1. The molecular formula is C31H47N3O2Si. The van der Waals surface area contributed by atoms with E-state index in [0.717, 1.165) is 22.9 Å². The van der Waals surface area contributed by atoms with Gasteiger partial charge in [0.2, 0.25) is 0 Å². The maximum atomic E-state index is 5.54. The Kier molecular flexibility index (Phi) is 8.29. The van der Waals surface area contributed by atoms with Crippen LogP contribution in [-0.4, -0.2) is 51.7 Å². The summed E-state index contributed by atoms with van der Waals surface area (Å²) < 4.78 is 13.8. The van der Waals surface area contributed by atoms with Gasteiger partial charge < -0.3 is 23.9 Å². The van der Waals surface area contributed by atoms with Gasteiger partial charge in [-0.1, -0.05) is 47.6 Å². The van der Waals surface area contributed by atoms with Crippen LogP contribution in [0.25, 0.3) is 10.9 Å². The summed E-state index contributed by atoms with van der Waals surface area (Å²) in [7, 11) is 3.67. The van der Waals surface area contributed by atoms with Crippen molar-refractivity contribution in [3.05, 3.63) is 48.2 Å². The molecule has 1 aliphatic heterocycles. The molecule has 2 heterocycles. The quantitative estimate of drug-likeness (QED) is 0.288. The van der Waals surface area contributed by atoms with Crippen LogP contribution in [0.15, 0.2) is 42.6 Å². The molecule has 37 heavy (non-hydrogen) atoms. The van der Waals surface area contributed by atoms with Gasteiger partial charge in [-0.2, -0.15) is 0 Å². The highest BCUT2D eigenvalue weighted by atomic mass is 28.3. The lowest BCUT2D eigenvalue weighted by Crippen LogP contribution is -2.51. The van der Waals surface area contributed by atoms with E-state index < -0.39 is 8.24 Å². The van der Waals surface area contributed by atoms with Crippen molar-refractivity contribution in [3.8, 4) is 11.5 Å². The first kappa shape index (κ1) is 27.6. The molecule has 1 aromatic heterocycles. The van der Waals surface area contributed by atoms with Crippen LogP contribution >= 0.6 is 0 Å². The van der Waals surface area contributed by atoms with Crippen molar-refractivity contribution in [2.24, 2.45) is 0 Å². The van der Waals surface area contributed by atoms with Crippen molar-refractivity contribution in [2.45, 2.75) is 76.9 Å². The number of nitrogens with zero attached hydrogens (tertiary/aromatic N) is 2. The van der Waals surface area contributed by atoms with Gasteiger partial charge in [-0.15, -0.1) is 0 Å². The SMILES string of the molecule is COc1ccc(Nc2ccc3c(C4CCN(C)CC4)cn([Si](C(C)C)(C(C)C)C(C)C)c3c2)cc1OC. The van der Waals surface area contributed by atoms with Gasteiger partial charge in [-0.25, -0.2) is 0 Å². The third-order valence-corrected chi connectivity index (χ3v) is 15.6. The summed E-state index contributed by atoms with van der Waals surface area (Å²) in [6.45, 7) is 17.1. The summed E-state index contributed by atoms with van der Waals surface area (Å²) in [6, 6.07) is 13.0. The third kappa shape index (κ3) is 5.02. The van der Waals surface area contributed by atoms with Crippen LogP contribution in [0.2, 0.25) is 16.6 Å². The van der Waals surface area contributed by atoms with Gasteiger partial charge in [-0.3, -0.25) is 0 Å². The predicted molar refractivity (Wildman–Crippen MR) is 161 cm³/mol. The number of hydrogen-bond acceptors (Lipinski definition) is 4. The first-order valence-corrected chi connectivity index (χ1v) is 16.1. The van der Waals surface area contributed by atoms with Crippen LogP contribution < -0.4 is 14.8 Å². The van der Waals surface area contributed by atoms with Crippen molar-refractivity contribution in [3.63, 3.8) is 0 Å². The molecule has 0 radical (unpaired) electrons. The average molecular weight is 522 g/mol. The molecule has 1 fully saturated rings. The summed E-state index contributed by atoms with van der Waals surface area (Å²) in [5.41, 5.74) is 6.95. The number of benzene rings is 2. The van der Waals surface area contributed by atoms with Gasteiger partial charge in [-0.05, 0) is 91.5 Å². The zero-order valence-electron chi connectivity index (χ0n) is 24.4. The maximum Gasteiger partial charge on any atom is 0.169 e. The summed E-state index contributed by atoms with van der Waals surface area (Å²) in [4.78, 5) is 2.47. The van der Waals surface area contributed by atoms with Crippen LogP contribution in [0.4, 0.5) is 11.4 Å². The van der Waals surface area contributed by atoms with E-state index in [-0.39, 0.29) is 0 Å². The van der Waals surface area contributed by atoms with Crippen molar-refractivity contribution in [2.75, 3.05) is 39.7 Å². The number of piperidine rings is 1. The summed E-state index contributed by atoms with van der Waals surface area (Å²) in [5, 5.41) is 5.08. The number of nitrogens with one attached hydrogen (secondary N) is 1. The molecule has 2 aromatic carbocycles. The topological polar surface area (TPSA) is 38.7 Å². The van der Waals surface area contributed by atoms with E-state index in [1.54, 1.807) is 19.8 Å². The summed E-state index contributed by atoms with van der Waals surface area (Å²) in [6.07, 6.45) is 5.06. The molecule has 0 amide bonds. The van der Waals surface area contributed by atoms with Crippen molar-refractivity contribution in [1.29, 1.82) is 0 Å². The van der Waals surface area contributed by atoms with Gasteiger partial charge in [0.25, 0.3) is 0 Å². The zero-order chi connectivity index (χ0) is 26.9. The number of methoxy groups -OCH3 is 2. The monoisotopic (exact) mass is 521 g/mol. The van der Waals surface area contributed by atoms with E-state index in [1.165, 1.54) is 36.8 Å². The highest BCUT2D eigenvalue weighted by Crippen LogP contribution is 2.47. The predicted octanol–water partition coefficient (Wildman–Crippen LogP) is 8.23. The first-order valence-electron chi connectivity index (χ1n) is 14.0. The minimum absolute atomic E-state index is 0.628. The molecule has 1 N–H and O–H groups in total. The van der Waals surface area contributed by atoms with Gasteiger partial charge in [0.1, 0.15) is 0 Å². The Bertz CT molecular complexity index is 1190. The zero-order valence-corrected chi connectivity index (χ0v) is 25.4. The molecule has 0 spiro atoms. The van der Waals surface area contributed by atoms with Gasteiger partial charge in [0.05, 0.1) is 14.2 Å². The van der Waals surface area contributed by atoms with E-state index in [0.29, 0.717) is 22.5 Å². The van der Waals surface area contributed by atoms with Crippen molar-refractivity contribution < 1.29 is 9.47 Å². The molecule has 202 valence electrons. The van der Waals surface area contributed by atoms with E-state index in [1.807, 2.05) is 18.2 Å². The van der Waals surface area contributed by atoms with Crippen LogP contribution in [0.1, 0.15) is 65.9 Å². The minimum Gasteiger partial charge on any atom is -0.493 e. The molecule has 1 saturated heterocycles. The van der Waals surface area contributed by atoms with Crippen LogP contribution in [0, 0.1) is 0 Å². The van der Waals surface area contributed by atoms with Crippen molar-refractivity contribution >= 4 is 30.5 Å². The van der Waals surface area contributed by atoms with Crippen LogP contribution in [0.5, 0.6) is 11.5 Å². The van der Waals surface area contributed by atoms with E-state index >= 15 is 0 Å². The minimum atomic E-state index is -1.92. The molecule has 3 aromatic rings. The molecule has 0 aliphatic carbocycles. The lowest BCUT2D eigenvalue weighted by molar-refractivity contribution is 0.256. The average Bonchev–Trinajstić information content (AvgIpc) is 3.23. The Balaban J connectivity index is 1.86. The molecule has 0 saturated carbocycles. The molecule has 0 bridgehead atoms. The molecule has 4 rings (SSSR count). The third-order valence-electron chi connectivity index (χ3n) is 8.86. The summed E-state index contributed by atoms with van der Waals surface area (Å²) in [5.74, 6) is 2.09. The van der Waals surface area contributed by atoms with E-state index in [2.05, 4.69) is 87.4 Å². The van der Waals surface area contributed by atoms with Gasteiger partial charge in [0, 0.05) is 28.3 Å². The fraction of sp³-hybridized carbons (Fsp3) is 0.548. The Morgan fingerprint density at radius 2 is 1.38 bits per heavy atom. The van der Waals surface area contributed by atoms with Crippen LogP contribution in [-0.2, 0) is 0 Å². The standard InChI is InChI=1S/C31H47N3O2Si/c1-21(2)37(22(3)4,23(5)6)34-20-28(24-14-16-33(7)17-15-24)27-12-10-25(18-29(27)34)32-26-11-13-30(35-8)31(19-26)36-9/h10-13,18-24,32H,14-17H2,1-9H3. The highest BCUT2D eigenvalue weighted by Gasteiger charge is 2.46. The van der Waals surface area contributed by atoms with Crippen molar-refractivity contribution in [1.82, 2.24) is 9.13 Å². The lowest BCUT2D eigenvalue weighted by Gasteiger charge is -2.44. The number of ether oxygens (including phenoxy) is 2. The number of hydrogen-bond donors (Lipinski definition) is 1. The molecular weight excluding hydrogens is 474 g/mol. The maximum absolute atomic E-state index is 5.54. The van der Waals surface area contributed by atoms with Crippen LogP contribution in [0.3, 0.4) is 0 Å². The summed E-state index contributed by atoms with van der Waals surface area (Å²) >= 11 is 0. The number of rotatable bonds is 9. The lowest BCUT2D eigenvalue weighted by atomic mass is 9.89. The normalized spacial score (nSPS) is 15.8. The Hall–Kier alpha value is -2.44. The smallest absolute Gasteiger partial charge is 0.169 e. The largest absolute Gasteiger partial charge is 0.493 e. The van der Waals surface area contributed by atoms with Gasteiger partial charge in [0.15, 0.2) is 19.7 Å². The number of likely N-dealkylation sites (tertiary alicyclic amines) is 1. The fourth-order valence-corrected chi connectivity index (χ4v) is 13.8. The second kappa shape index (κ2) is 11.1. The molecule has 5 nitrogen and oxygen atoms in total. The van der Waals surface area contributed by atoms with E-state index in [4.69, 9.17) is 9.47 Å². The Labute approximate surface area is 225 Å². The first-order chi connectivity index (χ1) is 17.6. The Morgan fingerprint density at radius 1 is 0.811 bits per heavy atom. The number of anilines is 2. The number of fused-ring (bicyclic) bond motifs is 1. The van der Waals surface area contributed by atoms with E-state index in [9.17, 15) is 0 Å². The highest BCUT2D eigenvalue weighted by molar-refractivity contribution is 6.82. The molecule has 0 atom stereocenters. The fourth-order valence-electron chi connectivity index (χ4n) is 7.21. The second-order valence-electron chi connectivity index (χ2n) is 11.8. The van der Waals surface area contributed by atoms with Gasteiger partial charge >= 0.3 is 0 Å². The second-order valence-corrected chi connectivity index (χ2v) is 17.5.